The first-order valence-electron chi connectivity index (χ1n) is 4.56. The van der Waals surface area contributed by atoms with Crippen molar-refractivity contribution >= 4 is 11.6 Å². The molecule has 0 amide bonds. The van der Waals surface area contributed by atoms with Crippen LogP contribution in [0.5, 0.6) is 0 Å². The molecule has 1 fully saturated rings. The largest absolute Gasteiger partial charge is 0.378 e. The number of rotatable bonds is 2. The van der Waals surface area contributed by atoms with Crippen LogP contribution in [-0.4, -0.2) is 12.7 Å². The van der Waals surface area contributed by atoms with Crippen molar-refractivity contribution < 1.29 is 4.74 Å². The highest BCUT2D eigenvalue weighted by atomic mass is 35.5. The minimum absolute atomic E-state index is 0.307. The van der Waals surface area contributed by atoms with Crippen LogP contribution in [0, 0.1) is 6.42 Å². The van der Waals surface area contributed by atoms with Crippen LogP contribution in [-0.2, 0) is 4.74 Å². The second-order valence-corrected chi connectivity index (χ2v) is 3.71. The summed E-state index contributed by atoms with van der Waals surface area (Å²) in [5.41, 5.74) is 1.19. The van der Waals surface area contributed by atoms with Gasteiger partial charge < -0.3 is 4.74 Å². The van der Waals surface area contributed by atoms with Crippen LogP contribution in [0.25, 0.3) is 0 Å². The highest BCUT2D eigenvalue weighted by molar-refractivity contribution is 6.30. The summed E-state index contributed by atoms with van der Waals surface area (Å²) in [4.78, 5) is 0. The fraction of sp³-hybridized carbons (Fsp3) is 0.364. The van der Waals surface area contributed by atoms with E-state index in [4.69, 9.17) is 16.3 Å². The molecule has 0 aliphatic carbocycles. The van der Waals surface area contributed by atoms with E-state index < -0.39 is 0 Å². The third-order valence-electron chi connectivity index (χ3n) is 2.21. The molecule has 0 spiro atoms. The Labute approximate surface area is 83.7 Å². The van der Waals surface area contributed by atoms with Crippen molar-refractivity contribution in [2.45, 2.75) is 18.9 Å². The fourth-order valence-electron chi connectivity index (χ4n) is 1.52. The second-order valence-electron chi connectivity index (χ2n) is 3.27. The quantitative estimate of drug-likeness (QED) is 0.705. The van der Waals surface area contributed by atoms with Gasteiger partial charge in [0.15, 0.2) is 0 Å². The molecule has 1 radical (unpaired) electrons. The van der Waals surface area contributed by atoms with Crippen LogP contribution in [0.4, 0.5) is 0 Å². The monoisotopic (exact) mass is 195 g/mol. The molecule has 2 heteroatoms. The molecule has 1 aromatic rings. The number of halogens is 1. The summed E-state index contributed by atoms with van der Waals surface area (Å²) in [5, 5.41) is 0.782. The van der Waals surface area contributed by atoms with Gasteiger partial charge in [0.05, 0.1) is 6.10 Å². The zero-order chi connectivity index (χ0) is 9.10. The molecule has 0 saturated carbocycles. The van der Waals surface area contributed by atoms with E-state index in [9.17, 15) is 0 Å². The molecule has 1 aromatic carbocycles. The fourth-order valence-corrected chi connectivity index (χ4v) is 1.65. The van der Waals surface area contributed by atoms with Crippen LogP contribution in [0.15, 0.2) is 24.3 Å². The lowest BCUT2D eigenvalue weighted by molar-refractivity contribution is 0.136. The van der Waals surface area contributed by atoms with Crippen molar-refractivity contribution in [1.29, 1.82) is 0 Å². The molecule has 1 heterocycles. The summed E-state index contributed by atoms with van der Waals surface area (Å²) >= 11 is 5.78. The number of hydrogen-bond acceptors (Lipinski definition) is 1. The van der Waals surface area contributed by atoms with Gasteiger partial charge in [0, 0.05) is 18.1 Å². The maximum absolute atomic E-state index is 5.78. The Morgan fingerprint density at radius 1 is 1.31 bits per heavy atom. The van der Waals surface area contributed by atoms with Gasteiger partial charge in [-0.25, -0.2) is 0 Å². The predicted molar refractivity (Wildman–Crippen MR) is 53.8 cm³/mol. The molecule has 1 nitrogen and oxygen atoms in total. The first kappa shape index (κ1) is 9.04. The van der Waals surface area contributed by atoms with Gasteiger partial charge in [-0.15, -0.1) is 0 Å². The van der Waals surface area contributed by atoms with E-state index in [0.717, 1.165) is 18.1 Å². The van der Waals surface area contributed by atoms with E-state index in [1.807, 2.05) is 24.3 Å². The third kappa shape index (κ3) is 2.45. The van der Waals surface area contributed by atoms with Crippen molar-refractivity contribution in [3.8, 4) is 0 Å². The van der Waals surface area contributed by atoms with Gasteiger partial charge in [0.2, 0.25) is 0 Å². The lowest BCUT2D eigenvalue weighted by atomic mass is 10.1. The Bertz CT molecular complexity index is 262. The first-order valence-corrected chi connectivity index (χ1v) is 4.94. The van der Waals surface area contributed by atoms with Crippen molar-refractivity contribution in [2.24, 2.45) is 0 Å². The van der Waals surface area contributed by atoms with Gasteiger partial charge in [-0.1, -0.05) is 23.7 Å². The Hall–Kier alpha value is -0.530. The molecular weight excluding hydrogens is 184 g/mol. The van der Waals surface area contributed by atoms with Crippen molar-refractivity contribution in [3.63, 3.8) is 0 Å². The van der Waals surface area contributed by atoms with E-state index in [2.05, 4.69) is 6.42 Å². The van der Waals surface area contributed by atoms with Gasteiger partial charge >= 0.3 is 0 Å². The highest BCUT2D eigenvalue weighted by Gasteiger charge is 2.15. The molecule has 1 unspecified atom stereocenters. The molecule has 0 N–H and O–H groups in total. The SMILES string of the molecule is Clc1ccc([CH]C2CCCO2)cc1. The van der Waals surface area contributed by atoms with Crippen LogP contribution < -0.4 is 0 Å². The lowest BCUT2D eigenvalue weighted by Crippen LogP contribution is -2.05. The normalized spacial score (nSPS) is 22.1. The molecule has 0 aromatic heterocycles. The molecular formula is C11H12ClO. The Morgan fingerprint density at radius 2 is 2.08 bits per heavy atom. The molecule has 2 rings (SSSR count). The van der Waals surface area contributed by atoms with Crippen LogP contribution in [0.1, 0.15) is 18.4 Å². The standard InChI is InChI=1S/C11H12ClO/c12-10-5-3-9(4-6-10)8-11-2-1-7-13-11/h3-6,8,11H,1-2,7H2. The second kappa shape index (κ2) is 4.12. The average Bonchev–Trinajstić information content (AvgIpc) is 2.62. The predicted octanol–water partition coefficient (Wildman–Crippen LogP) is 3.07. The van der Waals surface area contributed by atoms with E-state index in [0.29, 0.717) is 6.10 Å². The summed E-state index contributed by atoms with van der Waals surface area (Å²) in [6.07, 6.45) is 4.78. The summed E-state index contributed by atoms with van der Waals surface area (Å²) in [5.74, 6) is 0. The van der Waals surface area contributed by atoms with Gasteiger partial charge in [-0.3, -0.25) is 0 Å². The summed E-state index contributed by atoms with van der Waals surface area (Å²) in [6, 6.07) is 7.85. The maximum atomic E-state index is 5.78. The Kier molecular flexibility index (Phi) is 2.87. The molecule has 1 saturated heterocycles. The van der Waals surface area contributed by atoms with Gasteiger partial charge in [0.1, 0.15) is 0 Å². The maximum Gasteiger partial charge on any atom is 0.0651 e. The molecule has 69 valence electrons. The van der Waals surface area contributed by atoms with Crippen LogP contribution in [0.2, 0.25) is 5.02 Å². The molecule has 13 heavy (non-hydrogen) atoms. The number of hydrogen-bond donors (Lipinski definition) is 0. The van der Waals surface area contributed by atoms with Gasteiger partial charge in [-0.2, -0.15) is 0 Å². The van der Waals surface area contributed by atoms with E-state index in [1.54, 1.807) is 0 Å². The van der Waals surface area contributed by atoms with E-state index >= 15 is 0 Å². The summed E-state index contributed by atoms with van der Waals surface area (Å²) in [6.45, 7) is 0.898. The third-order valence-corrected chi connectivity index (χ3v) is 2.47. The number of ether oxygens (including phenoxy) is 1. The van der Waals surface area contributed by atoms with Crippen LogP contribution in [0.3, 0.4) is 0 Å². The van der Waals surface area contributed by atoms with Gasteiger partial charge in [-0.05, 0) is 30.5 Å². The highest BCUT2D eigenvalue weighted by Crippen LogP contribution is 2.19. The Balaban J connectivity index is 1.97. The van der Waals surface area contributed by atoms with Crippen molar-refractivity contribution in [2.75, 3.05) is 6.61 Å². The minimum Gasteiger partial charge on any atom is -0.378 e. The topological polar surface area (TPSA) is 9.23 Å². The molecule has 1 aliphatic rings. The summed E-state index contributed by atoms with van der Waals surface area (Å²) < 4.78 is 5.50. The first-order chi connectivity index (χ1) is 6.34. The summed E-state index contributed by atoms with van der Waals surface area (Å²) in [7, 11) is 0. The molecule has 1 aliphatic heterocycles. The minimum atomic E-state index is 0.307. The smallest absolute Gasteiger partial charge is 0.0651 e. The lowest BCUT2D eigenvalue weighted by Gasteiger charge is -2.08. The van der Waals surface area contributed by atoms with Crippen LogP contribution >= 0.6 is 11.6 Å². The zero-order valence-corrected chi connectivity index (χ0v) is 8.13. The Morgan fingerprint density at radius 3 is 2.69 bits per heavy atom. The van der Waals surface area contributed by atoms with Crippen molar-refractivity contribution in [1.82, 2.24) is 0 Å². The zero-order valence-electron chi connectivity index (χ0n) is 7.37. The molecule has 0 bridgehead atoms. The molecule has 1 atom stereocenters. The van der Waals surface area contributed by atoms with E-state index in [1.165, 1.54) is 12.0 Å². The average molecular weight is 196 g/mol. The van der Waals surface area contributed by atoms with E-state index in [-0.39, 0.29) is 0 Å². The number of benzene rings is 1. The van der Waals surface area contributed by atoms with Gasteiger partial charge in [0.25, 0.3) is 0 Å². The van der Waals surface area contributed by atoms with Crippen molar-refractivity contribution in [3.05, 3.63) is 41.3 Å².